The first kappa shape index (κ1) is 12.3. The lowest BCUT2D eigenvalue weighted by Crippen LogP contribution is -2.36. The fourth-order valence-corrected chi connectivity index (χ4v) is 1.38. The molecule has 1 rings (SSSR count). The van der Waals surface area contributed by atoms with E-state index < -0.39 is 0 Å². The second-order valence-corrected chi connectivity index (χ2v) is 5.08. The van der Waals surface area contributed by atoms with Crippen molar-refractivity contribution < 1.29 is 4.42 Å². The van der Waals surface area contributed by atoms with Gasteiger partial charge in [0.15, 0.2) is 0 Å². The van der Waals surface area contributed by atoms with Gasteiger partial charge < -0.3 is 9.73 Å². The minimum atomic E-state index is 0.386. The van der Waals surface area contributed by atoms with Gasteiger partial charge in [-0.1, -0.05) is 20.8 Å². The third-order valence-corrected chi connectivity index (χ3v) is 2.97. The van der Waals surface area contributed by atoms with Gasteiger partial charge in [-0.3, -0.25) is 0 Å². The zero-order valence-corrected chi connectivity index (χ0v) is 10.3. The Bertz CT molecular complexity index is 264. The third kappa shape index (κ3) is 4.52. The van der Waals surface area contributed by atoms with Gasteiger partial charge in [0.1, 0.15) is 5.76 Å². The molecule has 0 aliphatic rings. The van der Waals surface area contributed by atoms with E-state index in [2.05, 4.69) is 33.0 Å². The molecular formula is C13H23NO. The number of nitrogens with one attached hydrogen (secondary N) is 1. The van der Waals surface area contributed by atoms with Crippen LogP contribution in [-0.4, -0.2) is 12.6 Å². The second-order valence-electron chi connectivity index (χ2n) is 5.08. The van der Waals surface area contributed by atoms with Crippen LogP contribution in [0.15, 0.2) is 22.8 Å². The monoisotopic (exact) mass is 209 g/mol. The molecule has 0 aliphatic carbocycles. The van der Waals surface area contributed by atoms with Crippen LogP contribution < -0.4 is 5.32 Å². The average Bonchev–Trinajstić information content (AvgIpc) is 2.68. The van der Waals surface area contributed by atoms with Crippen molar-refractivity contribution in [3.63, 3.8) is 0 Å². The minimum Gasteiger partial charge on any atom is -0.469 e. The zero-order chi connectivity index (χ0) is 11.3. The SMILES string of the molecule is CCC(C)(C)CNC(C)Cc1ccco1. The van der Waals surface area contributed by atoms with Crippen LogP contribution in [0.3, 0.4) is 0 Å². The van der Waals surface area contributed by atoms with E-state index in [1.165, 1.54) is 6.42 Å². The first-order chi connectivity index (χ1) is 7.03. The van der Waals surface area contributed by atoms with E-state index in [1.807, 2.05) is 12.1 Å². The maximum atomic E-state index is 5.32. The van der Waals surface area contributed by atoms with E-state index in [0.717, 1.165) is 18.7 Å². The van der Waals surface area contributed by atoms with Crippen LogP contribution in [0.1, 0.15) is 39.9 Å². The summed E-state index contributed by atoms with van der Waals surface area (Å²) in [6.07, 6.45) is 3.90. The Labute approximate surface area is 93.1 Å². The molecule has 0 radical (unpaired) electrons. The predicted molar refractivity (Wildman–Crippen MR) is 63.9 cm³/mol. The molecular weight excluding hydrogens is 186 g/mol. The molecule has 1 N–H and O–H groups in total. The molecule has 1 aromatic heterocycles. The van der Waals surface area contributed by atoms with Crippen molar-refractivity contribution in [2.24, 2.45) is 5.41 Å². The second kappa shape index (κ2) is 5.36. The summed E-state index contributed by atoms with van der Waals surface area (Å²) in [5.41, 5.74) is 0.386. The molecule has 15 heavy (non-hydrogen) atoms. The standard InChI is InChI=1S/C13H23NO/c1-5-13(3,4)10-14-11(2)9-12-7-6-8-15-12/h6-8,11,14H,5,9-10H2,1-4H3. The van der Waals surface area contributed by atoms with Gasteiger partial charge in [0.2, 0.25) is 0 Å². The van der Waals surface area contributed by atoms with Crippen molar-refractivity contribution in [3.8, 4) is 0 Å². The highest BCUT2D eigenvalue weighted by molar-refractivity contribution is 5.00. The fourth-order valence-electron chi connectivity index (χ4n) is 1.38. The normalized spacial score (nSPS) is 14.1. The third-order valence-electron chi connectivity index (χ3n) is 2.97. The lowest BCUT2D eigenvalue weighted by atomic mass is 9.90. The Morgan fingerprint density at radius 3 is 2.73 bits per heavy atom. The lowest BCUT2D eigenvalue weighted by Gasteiger charge is -2.25. The van der Waals surface area contributed by atoms with E-state index in [1.54, 1.807) is 6.26 Å². The van der Waals surface area contributed by atoms with Gasteiger partial charge in [-0.25, -0.2) is 0 Å². The summed E-state index contributed by atoms with van der Waals surface area (Å²) >= 11 is 0. The highest BCUT2D eigenvalue weighted by atomic mass is 16.3. The zero-order valence-electron chi connectivity index (χ0n) is 10.3. The van der Waals surface area contributed by atoms with Crippen molar-refractivity contribution in [2.75, 3.05) is 6.54 Å². The molecule has 0 saturated carbocycles. The van der Waals surface area contributed by atoms with Crippen LogP contribution in [0.5, 0.6) is 0 Å². The summed E-state index contributed by atoms with van der Waals surface area (Å²) in [5, 5.41) is 3.55. The Kier molecular flexibility index (Phi) is 4.40. The van der Waals surface area contributed by atoms with Gasteiger partial charge >= 0.3 is 0 Å². The quantitative estimate of drug-likeness (QED) is 0.778. The van der Waals surface area contributed by atoms with Gasteiger partial charge in [-0.05, 0) is 30.9 Å². The van der Waals surface area contributed by atoms with Gasteiger partial charge in [-0.15, -0.1) is 0 Å². The summed E-state index contributed by atoms with van der Waals surface area (Å²) in [6, 6.07) is 4.45. The van der Waals surface area contributed by atoms with Crippen LogP contribution in [0.2, 0.25) is 0 Å². The van der Waals surface area contributed by atoms with E-state index in [-0.39, 0.29) is 0 Å². The topological polar surface area (TPSA) is 25.2 Å². The van der Waals surface area contributed by atoms with Gasteiger partial charge in [-0.2, -0.15) is 0 Å². The first-order valence-electron chi connectivity index (χ1n) is 5.79. The van der Waals surface area contributed by atoms with Crippen molar-refractivity contribution in [3.05, 3.63) is 24.2 Å². The van der Waals surface area contributed by atoms with Crippen LogP contribution in [0.4, 0.5) is 0 Å². The molecule has 0 bridgehead atoms. The van der Waals surface area contributed by atoms with Crippen LogP contribution in [0, 0.1) is 5.41 Å². The Hall–Kier alpha value is -0.760. The molecule has 1 atom stereocenters. The Morgan fingerprint density at radius 2 is 2.20 bits per heavy atom. The van der Waals surface area contributed by atoms with Gasteiger partial charge in [0.25, 0.3) is 0 Å². The molecule has 0 amide bonds. The van der Waals surface area contributed by atoms with E-state index in [4.69, 9.17) is 4.42 Å². The van der Waals surface area contributed by atoms with E-state index >= 15 is 0 Å². The Morgan fingerprint density at radius 1 is 1.47 bits per heavy atom. The largest absolute Gasteiger partial charge is 0.469 e. The van der Waals surface area contributed by atoms with Crippen LogP contribution in [-0.2, 0) is 6.42 Å². The molecule has 1 aromatic rings. The maximum absolute atomic E-state index is 5.32. The average molecular weight is 209 g/mol. The van der Waals surface area contributed by atoms with Crippen molar-refractivity contribution in [1.29, 1.82) is 0 Å². The first-order valence-corrected chi connectivity index (χ1v) is 5.79. The molecule has 0 fully saturated rings. The van der Waals surface area contributed by atoms with Gasteiger partial charge in [0.05, 0.1) is 6.26 Å². The molecule has 2 nitrogen and oxygen atoms in total. The fraction of sp³-hybridized carbons (Fsp3) is 0.692. The van der Waals surface area contributed by atoms with Crippen molar-refractivity contribution >= 4 is 0 Å². The van der Waals surface area contributed by atoms with Crippen molar-refractivity contribution in [1.82, 2.24) is 5.32 Å². The molecule has 86 valence electrons. The molecule has 0 saturated heterocycles. The summed E-state index contributed by atoms with van der Waals surface area (Å²) in [7, 11) is 0. The predicted octanol–water partition coefficient (Wildman–Crippen LogP) is 3.24. The van der Waals surface area contributed by atoms with E-state index in [9.17, 15) is 0 Å². The summed E-state index contributed by atoms with van der Waals surface area (Å²) in [4.78, 5) is 0. The van der Waals surface area contributed by atoms with E-state index in [0.29, 0.717) is 11.5 Å². The lowest BCUT2D eigenvalue weighted by molar-refractivity contribution is 0.308. The number of furan rings is 1. The maximum Gasteiger partial charge on any atom is 0.105 e. The minimum absolute atomic E-state index is 0.386. The van der Waals surface area contributed by atoms with Crippen LogP contribution in [0.25, 0.3) is 0 Å². The number of hydrogen-bond acceptors (Lipinski definition) is 2. The van der Waals surface area contributed by atoms with Crippen molar-refractivity contribution in [2.45, 2.75) is 46.6 Å². The summed E-state index contributed by atoms with van der Waals surface area (Å²) < 4.78 is 5.32. The number of hydrogen-bond donors (Lipinski definition) is 1. The molecule has 1 unspecified atom stereocenters. The Balaban J connectivity index is 2.28. The highest BCUT2D eigenvalue weighted by Crippen LogP contribution is 2.18. The summed E-state index contributed by atoms with van der Waals surface area (Å²) in [5.74, 6) is 1.06. The molecule has 1 heterocycles. The number of rotatable bonds is 6. The molecule has 0 spiro atoms. The molecule has 2 heteroatoms. The summed E-state index contributed by atoms with van der Waals surface area (Å²) in [6.45, 7) is 10.1. The van der Waals surface area contributed by atoms with Gasteiger partial charge in [0, 0.05) is 19.0 Å². The molecule has 0 aromatic carbocycles. The van der Waals surface area contributed by atoms with Crippen LogP contribution >= 0.6 is 0 Å². The smallest absolute Gasteiger partial charge is 0.105 e. The molecule has 0 aliphatic heterocycles. The highest BCUT2D eigenvalue weighted by Gasteiger charge is 2.16.